The van der Waals surface area contributed by atoms with Crippen molar-refractivity contribution >= 4 is 5.97 Å². The molecule has 1 unspecified atom stereocenters. The molecule has 1 saturated carbocycles. The predicted octanol–water partition coefficient (Wildman–Crippen LogP) is 1.53. The summed E-state index contributed by atoms with van der Waals surface area (Å²) in [6, 6.07) is 7.01. The molecule has 1 aliphatic carbocycles. The van der Waals surface area contributed by atoms with E-state index in [-0.39, 0.29) is 11.7 Å². The van der Waals surface area contributed by atoms with Crippen molar-refractivity contribution in [3.05, 3.63) is 29.8 Å². The van der Waals surface area contributed by atoms with Gasteiger partial charge in [-0.05, 0) is 37.5 Å². The maximum atomic E-state index is 11.9. The first-order valence-corrected chi connectivity index (χ1v) is 5.72. The van der Waals surface area contributed by atoms with Crippen LogP contribution >= 0.6 is 0 Å². The molecule has 1 fully saturated rings. The molecule has 0 bridgehead atoms. The third kappa shape index (κ3) is 2.42. The van der Waals surface area contributed by atoms with Gasteiger partial charge >= 0.3 is 5.97 Å². The fourth-order valence-electron chi connectivity index (χ4n) is 1.89. The van der Waals surface area contributed by atoms with E-state index >= 15 is 0 Å². The molecule has 92 valence electrons. The van der Waals surface area contributed by atoms with Crippen LogP contribution in [0.25, 0.3) is 0 Å². The van der Waals surface area contributed by atoms with Crippen LogP contribution in [0.5, 0.6) is 5.75 Å². The number of hydrogen-bond donors (Lipinski definition) is 2. The highest BCUT2D eigenvalue weighted by Crippen LogP contribution is 2.30. The van der Waals surface area contributed by atoms with Crippen molar-refractivity contribution < 1.29 is 14.6 Å². The van der Waals surface area contributed by atoms with Gasteiger partial charge in [0.1, 0.15) is 11.3 Å². The zero-order valence-corrected chi connectivity index (χ0v) is 10.1. The number of carbonyl (C=O) groups is 1. The lowest BCUT2D eigenvalue weighted by Gasteiger charge is -2.28. The summed E-state index contributed by atoms with van der Waals surface area (Å²) in [6.45, 7) is 1.81. The van der Waals surface area contributed by atoms with Gasteiger partial charge in [0, 0.05) is 6.04 Å². The molecule has 1 aromatic rings. The largest absolute Gasteiger partial charge is 0.508 e. The van der Waals surface area contributed by atoms with E-state index < -0.39 is 5.54 Å². The number of aromatic hydroxyl groups is 1. The molecule has 1 aromatic carbocycles. The predicted molar refractivity (Wildman–Crippen MR) is 63.6 cm³/mol. The number of ether oxygens (including phenoxy) is 1. The third-order valence-corrected chi connectivity index (χ3v) is 3.11. The van der Waals surface area contributed by atoms with Crippen molar-refractivity contribution in [3.63, 3.8) is 0 Å². The molecule has 0 heterocycles. The summed E-state index contributed by atoms with van der Waals surface area (Å²) in [5, 5.41) is 12.6. The lowest BCUT2D eigenvalue weighted by molar-refractivity contribution is -0.148. The molecule has 4 nitrogen and oxygen atoms in total. The van der Waals surface area contributed by atoms with E-state index in [1.165, 1.54) is 7.11 Å². The van der Waals surface area contributed by atoms with Crippen LogP contribution in [-0.4, -0.2) is 24.2 Å². The van der Waals surface area contributed by atoms with E-state index in [1.54, 1.807) is 24.3 Å². The number of methoxy groups -OCH3 is 1. The first kappa shape index (κ1) is 11.9. The Kier molecular flexibility index (Phi) is 3.07. The maximum absolute atomic E-state index is 11.9. The van der Waals surface area contributed by atoms with Gasteiger partial charge in [-0.2, -0.15) is 0 Å². The normalized spacial score (nSPS) is 18.5. The van der Waals surface area contributed by atoms with Gasteiger partial charge in [0.15, 0.2) is 0 Å². The minimum atomic E-state index is -0.844. The van der Waals surface area contributed by atoms with Crippen molar-refractivity contribution in [2.24, 2.45) is 0 Å². The van der Waals surface area contributed by atoms with Crippen LogP contribution in [0.4, 0.5) is 0 Å². The zero-order valence-electron chi connectivity index (χ0n) is 10.1. The molecule has 17 heavy (non-hydrogen) atoms. The summed E-state index contributed by atoms with van der Waals surface area (Å²) in [4.78, 5) is 11.9. The average molecular weight is 235 g/mol. The highest BCUT2D eigenvalue weighted by molar-refractivity contribution is 5.82. The van der Waals surface area contributed by atoms with Crippen molar-refractivity contribution in [1.82, 2.24) is 5.32 Å². The summed E-state index contributed by atoms with van der Waals surface area (Å²) >= 11 is 0. The lowest BCUT2D eigenvalue weighted by Crippen LogP contribution is -2.48. The van der Waals surface area contributed by atoms with Gasteiger partial charge < -0.3 is 9.84 Å². The highest BCUT2D eigenvalue weighted by Gasteiger charge is 2.40. The number of phenolic OH excluding ortho intramolecular Hbond substituents is 1. The summed E-state index contributed by atoms with van der Waals surface area (Å²) in [5.41, 5.74) is -0.0436. The van der Waals surface area contributed by atoms with Crippen LogP contribution in [0.3, 0.4) is 0 Å². The van der Waals surface area contributed by atoms with E-state index in [9.17, 15) is 9.90 Å². The Hall–Kier alpha value is -1.55. The molecule has 1 aliphatic rings. The Balaban J connectivity index is 2.30. The van der Waals surface area contributed by atoms with Crippen molar-refractivity contribution in [2.45, 2.75) is 31.3 Å². The summed E-state index contributed by atoms with van der Waals surface area (Å²) in [6.07, 6.45) is 2.18. The van der Waals surface area contributed by atoms with E-state index in [0.29, 0.717) is 6.04 Å². The second kappa shape index (κ2) is 4.37. The van der Waals surface area contributed by atoms with E-state index in [0.717, 1.165) is 18.4 Å². The Morgan fingerprint density at radius 2 is 2.00 bits per heavy atom. The molecular formula is C13H17NO3. The monoisotopic (exact) mass is 235 g/mol. The number of rotatable bonds is 4. The van der Waals surface area contributed by atoms with Gasteiger partial charge in [-0.25, -0.2) is 4.79 Å². The molecule has 2 N–H and O–H groups in total. The molecule has 0 spiro atoms. The quantitative estimate of drug-likeness (QED) is 0.777. The maximum Gasteiger partial charge on any atom is 0.330 e. The molecule has 0 radical (unpaired) electrons. The smallest absolute Gasteiger partial charge is 0.330 e. The SMILES string of the molecule is COC(=O)C(C)(NC1CC1)c1ccc(O)cc1. The van der Waals surface area contributed by atoms with Gasteiger partial charge in [-0.1, -0.05) is 12.1 Å². The molecule has 4 heteroatoms. The van der Waals surface area contributed by atoms with Crippen LogP contribution in [-0.2, 0) is 15.1 Å². The zero-order chi connectivity index (χ0) is 12.5. The molecule has 0 aromatic heterocycles. The Bertz CT molecular complexity index is 411. The Morgan fingerprint density at radius 1 is 1.41 bits per heavy atom. The van der Waals surface area contributed by atoms with Crippen LogP contribution in [0.15, 0.2) is 24.3 Å². The Labute approximate surface area is 101 Å². The summed E-state index contributed by atoms with van der Waals surface area (Å²) in [7, 11) is 1.38. The fourth-order valence-corrected chi connectivity index (χ4v) is 1.89. The molecule has 2 rings (SSSR count). The van der Waals surface area contributed by atoms with Crippen LogP contribution < -0.4 is 5.32 Å². The van der Waals surface area contributed by atoms with Gasteiger partial charge in [-0.3, -0.25) is 5.32 Å². The standard InChI is InChI=1S/C13H17NO3/c1-13(12(16)17-2,14-10-5-6-10)9-3-7-11(15)8-4-9/h3-4,7-8,10,14-15H,5-6H2,1-2H3. The van der Waals surface area contributed by atoms with Gasteiger partial charge in [0.2, 0.25) is 0 Å². The molecular weight excluding hydrogens is 218 g/mol. The molecule has 1 atom stereocenters. The molecule has 0 aliphatic heterocycles. The van der Waals surface area contributed by atoms with Gasteiger partial charge in [0.25, 0.3) is 0 Å². The minimum absolute atomic E-state index is 0.187. The third-order valence-electron chi connectivity index (χ3n) is 3.11. The number of nitrogens with one attached hydrogen (secondary N) is 1. The van der Waals surface area contributed by atoms with E-state index in [4.69, 9.17) is 4.74 Å². The average Bonchev–Trinajstić information content (AvgIpc) is 3.12. The van der Waals surface area contributed by atoms with E-state index in [2.05, 4.69) is 5.32 Å². The van der Waals surface area contributed by atoms with Crippen LogP contribution in [0, 0.1) is 0 Å². The fraction of sp³-hybridized carbons (Fsp3) is 0.462. The van der Waals surface area contributed by atoms with Crippen molar-refractivity contribution in [2.75, 3.05) is 7.11 Å². The second-order valence-electron chi connectivity index (χ2n) is 4.58. The van der Waals surface area contributed by atoms with Crippen molar-refractivity contribution in [1.29, 1.82) is 0 Å². The topological polar surface area (TPSA) is 58.6 Å². The van der Waals surface area contributed by atoms with Gasteiger partial charge in [0.05, 0.1) is 7.11 Å². The summed E-state index contributed by atoms with van der Waals surface area (Å²) in [5.74, 6) is -0.123. The number of esters is 1. The number of carbonyl (C=O) groups excluding carboxylic acids is 1. The first-order chi connectivity index (χ1) is 8.06. The molecule has 0 saturated heterocycles. The van der Waals surface area contributed by atoms with Crippen LogP contribution in [0.1, 0.15) is 25.3 Å². The summed E-state index contributed by atoms with van der Waals surface area (Å²) < 4.78 is 4.86. The molecule has 0 amide bonds. The van der Waals surface area contributed by atoms with Crippen molar-refractivity contribution in [3.8, 4) is 5.75 Å². The Morgan fingerprint density at radius 3 is 2.47 bits per heavy atom. The number of hydrogen-bond acceptors (Lipinski definition) is 4. The number of benzene rings is 1. The first-order valence-electron chi connectivity index (χ1n) is 5.72. The van der Waals surface area contributed by atoms with Gasteiger partial charge in [-0.15, -0.1) is 0 Å². The van der Waals surface area contributed by atoms with E-state index in [1.807, 2.05) is 6.92 Å². The highest BCUT2D eigenvalue weighted by atomic mass is 16.5. The number of phenols is 1. The second-order valence-corrected chi connectivity index (χ2v) is 4.58. The van der Waals surface area contributed by atoms with Crippen LogP contribution in [0.2, 0.25) is 0 Å². The minimum Gasteiger partial charge on any atom is -0.508 e. The lowest BCUT2D eigenvalue weighted by atomic mass is 9.91.